The Morgan fingerprint density at radius 1 is 0.462 bits per heavy atom. The third-order valence-electron chi connectivity index (χ3n) is 9.91. The van der Waals surface area contributed by atoms with Crippen molar-refractivity contribution in [2.45, 2.75) is 64.2 Å². The maximum absolute atomic E-state index is 12.5. The summed E-state index contributed by atoms with van der Waals surface area (Å²) in [5, 5.41) is 25.3. The Bertz CT molecular complexity index is 1790. The Morgan fingerprint density at radius 2 is 0.769 bits per heavy atom. The molecule has 2 saturated carbocycles. The lowest BCUT2D eigenvalue weighted by atomic mass is 9.85. The van der Waals surface area contributed by atoms with E-state index in [4.69, 9.17) is 0 Å². The molecule has 0 radical (unpaired) electrons. The number of hydrogen-bond acceptors (Lipinski definition) is 4. The molecule has 0 aromatic heterocycles. The zero-order valence-electron chi connectivity index (χ0n) is 29.7. The van der Waals surface area contributed by atoms with Gasteiger partial charge in [0.2, 0.25) is 11.8 Å². The van der Waals surface area contributed by atoms with E-state index in [0.717, 1.165) is 59.1 Å². The first-order chi connectivity index (χ1) is 25.4. The fourth-order valence-corrected chi connectivity index (χ4v) is 7.22. The number of carbonyl (C=O) groups is 2. The van der Waals surface area contributed by atoms with Crippen LogP contribution in [0.2, 0.25) is 0 Å². The van der Waals surface area contributed by atoms with Crippen LogP contribution in [0.5, 0.6) is 11.5 Å². The number of nitrogens with one attached hydrogen (secondary N) is 2. The first kappa shape index (κ1) is 36.2. The third-order valence-corrected chi connectivity index (χ3v) is 9.91. The molecule has 6 nitrogen and oxygen atoms in total. The van der Waals surface area contributed by atoms with Crippen LogP contribution >= 0.6 is 0 Å². The molecule has 6 heteroatoms. The van der Waals surface area contributed by atoms with Gasteiger partial charge in [-0.25, -0.2) is 0 Å². The molecule has 0 aliphatic heterocycles. The molecule has 0 spiro atoms. The molecule has 0 atom stereocenters. The monoisotopic (exact) mass is 692 g/mol. The molecule has 2 aliphatic carbocycles. The lowest BCUT2D eigenvalue weighted by molar-refractivity contribution is -0.118. The summed E-state index contributed by atoms with van der Waals surface area (Å²) in [4.78, 5) is 25.0. The molecule has 2 amide bonds. The number of aromatic hydroxyl groups is 2. The van der Waals surface area contributed by atoms with Crippen LogP contribution in [-0.4, -0.2) is 35.1 Å². The largest absolute Gasteiger partial charge is 0.508 e. The number of benzene rings is 4. The lowest BCUT2D eigenvalue weighted by Gasteiger charge is -2.20. The summed E-state index contributed by atoms with van der Waals surface area (Å²) in [5.41, 5.74) is 11.7. The summed E-state index contributed by atoms with van der Waals surface area (Å²) in [6.07, 6.45) is 18.3. The van der Waals surface area contributed by atoms with Crippen molar-refractivity contribution in [3.05, 3.63) is 154 Å². The van der Waals surface area contributed by atoms with Gasteiger partial charge in [0.05, 0.1) is 0 Å². The van der Waals surface area contributed by atoms with Crippen LogP contribution in [0, 0.1) is 0 Å². The maximum atomic E-state index is 12.5. The van der Waals surface area contributed by atoms with Crippen molar-refractivity contribution in [3.63, 3.8) is 0 Å². The van der Waals surface area contributed by atoms with Crippen molar-refractivity contribution in [1.29, 1.82) is 0 Å². The highest BCUT2D eigenvalue weighted by molar-refractivity contribution is 5.93. The van der Waals surface area contributed by atoms with Crippen molar-refractivity contribution < 1.29 is 19.8 Å². The van der Waals surface area contributed by atoms with Crippen molar-refractivity contribution >= 4 is 35.1 Å². The van der Waals surface area contributed by atoms with Crippen LogP contribution in [0.1, 0.15) is 97.6 Å². The normalized spacial score (nSPS) is 14.8. The van der Waals surface area contributed by atoms with Gasteiger partial charge in [0.15, 0.2) is 0 Å². The van der Waals surface area contributed by atoms with E-state index in [1.54, 1.807) is 36.4 Å². The van der Waals surface area contributed by atoms with E-state index < -0.39 is 0 Å². The zero-order chi connectivity index (χ0) is 36.1. The Morgan fingerprint density at radius 3 is 1.10 bits per heavy atom. The van der Waals surface area contributed by atoms with Crippen molar-refractivity contribution in [2.75, 3.05) is 13.1 Å². The average molecular weight is 693 g/mol. The van der Waals surface area contributed by atoms with Gasteiger partial charge in [-0.05, 0) is 132 Å². The van der Waals surface area contributed by atoms with Crippen LogP contribution in [0.4, 0.5) is 0 Å². The van der Waals surface area contributed by atoms with Crippen LogP contribution in [-0.2, 0) is 9.59 Å². The number of phenols is 2. The fraction of sp³-hybridized carbons (Fsp3) is 0.261. The first-order valence-electron chi connectivity index (χ1n) is 18.6. The van der Waals surface area contributed by atoms with Gasteiger partial charge in [-0.1, -0.05) is 96.8 Å². The highest BCUT2D eigenvalue weighted by Gasteiger charge is 2.16. The maximum Gasteiger partial charge on any atom is 0.244 e. The second-order valence-corrected chi connectivity index (χ2v) is 13.7. The zero-order valence-corrected chi connectivity index (χ0v) is 29.7. The predicted molar refractivity (Wildman–Crippen MR) is 211 cm³/mol. The Balaban J connectivity index is 0.976. The molecule has 6 rings (SSSR count). The minimum Gasteiger partial charge on any atom is -0.508 e. The number of carbonyl (C=O) groups excluding carboxylic acids is 2. The summed E-state index contributed by atoms with van der Waals surface area (Å²) >= 11 is 0. The van der Waals surface area contributed by atoms with Gasteiger partial charge in [-0.2, -0.15) is 0 Å². The van der Waals surface area contributed by atoms with Gasteiger partial charge < -0.3 is 20.8 Å². The molecule has 0 heterocycles. The summed E-state index contributed by atoms with van der Waals surface area (Å²) in [5.74, 6) is 0.0741. The smallest absolute Gasteiger partial charge is 0.244 e. The molecule has 0 saturated heterocycles. The molecular weight excluding hydrogens is 645 g/mol. The van der Waals surface area contributed by atoms with Gasteiger partial charge in [0.1, 0.15) is 11.5 Å². The first-order valence-corrected chi connectivity index (χ1v) is 18.6. The van der Waals surface area contributed by atoms with Gasteiger partial charge in [-0.15, -0.1) is 0 Å². The molecule has 4 aromatic carbocycles. The minimum absolute atomic E-state index is 0.224. The summed E-state index contributed by atoms with van der Waals surface area (Å²) in [6, 6.07) is 31.4. The number of hydrogen-bond donors (Lipinski definition) is 4. The number of allylic oxidation sites excluding steroid dienone is 2. The molecule has 2 fully saturated rings. The molecular formula is C46H48N2O4. The van der Waals surface area contributed by atoms with Gasteiger partial charge in [0.25, 0.3) is 0 Å². The Labute approximate surface area is 307 Å². The lowest BCUT2D eigenvalue weighted by Crippen LogP contribution is -2.33. The van der Waals surface area contributed by atoms with Crippen molar-refractivity contribution in [1.82, 2.24) is 10.6 Å². The quantitative estimate of drug-likeness (QED) is 0.0930. The standard InChI is InChI=1S/C46H48N2O4/c49-41-25-21-39(22-26-41)45(35-7-3-1-4-8-35)37-17-11-33(12-18-37)15-29-43(51)47-31-32-48-44(52)30-16-34-13-19-38(20-14-34)46(36-9-5-2-6-10-36)40-23-27-42(50)28-24-40/h11-30,49-50H,1-10,31-32H2,(H,47,51)(H,48,52)/b29-15+,30-16+. The third kappa shape index (κ3) is 10.0. The van der Waals surface area contributed by atoms with Crippen LogP contribution < -0.4 is 10.6 Å². The van der Waals surface area contributed by atoms with E-state index in [1.165, 1.54) is 73.0 Å². The van der Waals surface area contributed by atoms with E-state index in [0.29, 0.717) is 13.1 Å². The van der Waals surface area contributed by atoms with Crippen LogP contribution in [0.3, 0.4) is 0 Å². The Kier molecular flexibility index (Phi) is 12.6. The molecule has 4 N–H and O–H groups in total. The molecule has 2 aliphatic rings. The number of phenolic OH excluding ortho intramolecular Hbond substituents is 2. The number of amides is 2. The summed E-state index contributed by atoms with van der Waals surface area (Å²) in [6.45, 7) is 0.628. The van der Waals surface area contributed by atoms with E-state index in [-0.39, 0.29) is 23.3 Å². The predicted octanol–water partition coefficient (Wildman–Crippen LogP) is 9.59. The van der Waals surface area contributed by atoms with Crippen LogP contribution in [0.15, 0.2) is 120 Å². The highest BCUT2D eigenvalue weighted by Crippen LogP contribution is 2.37. The van der Waals surface area contributed by atoms with Gasteiger partial charge in [-0.3, -0.25) is 9.59 Å². The average Bonchev–Trinajstić information content (AvgIpc) is 3.18. The van der Waals surface area contributed by atoms with Crippen molar-refractivity contribution in [2.24, 2.45) is 0 Å². The van der Waals surface area contributed by atoms with E-state index >= 15 is 0 Å². The van der Waals surface area contributed by atoms with Crippen molar-refractivity contribution in [3.8, 4) is 11.5 Å². The SMILES string of the molecule is O=C(/C=C/c1ccc(C(=C2CCCCC2)c2ccc(O)cc2)cc1)NCCNC(=O)/C=C/c1ccc(C(=C2CCCCC2)c2ccc(O)cc2)cc1. The van der Waals surface area contributed by atoms with Gasteiger partial charge in [0, 0.05) is 25.2 Å². The topological polar surface area (TPSA) is 98.7 Å². The fourth-order valence-electron chi connectivity index (χ4n) is 7.22. The Hall–Kier alpha value is -5.62. The molecule has 0 bridgehead atoms. The summed E-state index contributed by atoms with van der Waals surface area (Å²) < 4.78 is 0. The number of rotatable bonds is 11. The summed E-state index contributed by atoms with van der Waals surface area (Å²) in [7, 11) is 0. The second kappa shape index (κ2) is 18.0. The molecule has 52 heavy (non-hydrogen) atoms. The van der Waals surface area contributed by atoms with Gasteiger partial charge >= 0.3 is 0 Å². The van der Waals surface area contributed by atoms with Crippen LogP contribution in [0.25, 0.3) is 23.3 Å². The molecule has 0 unspecified atom stereocenters. The molecule has 4 aromatic rings. The minimum atomic E-state index is -0.224. The van der Waals surface area contributed by atoms with E-state index in [2.05, 4.69) is 34.9 Å². The molecule has 266 valence electrons. The second-order valence-electron chi connectivity index (χ2n) is 13.7. The van der Waals surface area contributed by atoms with E-state index in [1.807, 2.05) is 48.5 Å². The van der Waals surface area contributed by atoms with E-state index in [9.17, 15) is 19.8 Å². The highest BCUT2D eigenvalue weighted by atomic mass is 16.3.